The van der Waals surface area contributed by atoms with Crippen LogP contribution in [0.5, 0.6) is 0 Å². The van der Waals surface area contributed by atoms with Crippen molar-refractivity contribution in [3.05, 3.63) is 28.8 Å². The van der Waals surface area contributed by atoms with E-state index in [2.05, 4.69) is 10.6 Å². The summed E-state index contributed by atoms with van der Waals surface area (Å²) in [4.78, 5) is 35.1. The van der Waals surface area contributed by atoms with Crippen LogP contribution in [-0.4, -0.2) is 17.7 Å². The van der Waals surface area contributed by atoms with E-state index in [1.807, 2.05) is 0 Å². The van der Waals surface area contributed by atoms with E-state index < -0.39 is 23.1 Å². The molecule has 1 aromatic rings. The number of rotatable bonds is 0. The molecule has 86 valence electrons. The van der Waals surface area contributed by atoms with Gasteiger partial charge in [0.05, 0.1) is 6.42 Å². The first-order valence-electron chi connectivity index (χ1n) is 5.00. The van der Waals surface area contributed by atoms with Gasteiger partial charge < -0.3 is 5.32 Å². The number of amides is 3. The van der Waals surface area contributed by atoms with Gasteiger partial charge in [-0.2, -0.15) is 0 Å². The number of halogens is 1. The van der Waals surface area contributed by atoms with Crippen molar-refractivity contribution in [1.82, 2.24) is 5.32 Å². The molecule has 17 heavy (non-hydrogen) atoms. The number of carbonyl (C=O) groups is 3. The molecule has 0 bridgehead atoms. The third-order valence-corrected chi connectivity index (χ3v) is 3.38. The van der Waals surface area contributed by atoms with Crippen molar-refractivity contribution in [2.45, 2.75) is 11.8 Å². The molecule has 6 heteroatoms. The van der Waals surface area contributed by atoms with Gasteiger partial charge in [-0.3, -0.25) is 19.7 Å². The molecule has 2 aliphatic rings. The molecular formula is C11H7ClN2O3. The van der Waals surface area contributed by atoms with Crippen molar-refractivity contribution < 1.29 is 14.4 Å². The summed E-state index contributed by atoms with van der Waals surface area (Å²) in [6, 6.07) is 4.77. The Morgan fingerprint density at radius 2 is 1.82 bits per heavy atom. The fourth-order valence-corrected chi connectivity index (χ4v) is 2.52. The number of hydrogen-bond acceptors (Lipinski definition) is 3. The zero-order valence-electron chi connectivity index (χ0n) is 8.54. The molecule has 1 spiro atoms. The van der Waals surface area contributed by atoms with Crippen LogP contribution in [0.15, 0.2) is 18.2 Å². The maximum absolute atomic E-state index is 12.0. The molecule has 0 aliphatic carbocycles. The van der Waals surface area contributed by atoms with E-state index in [0.29, 0.717) is 16.3 Å². The molecule has 0 aromatic heterocycles. The van der Waals surface area contributed by atoms with E-state index in [9.17, 15) is 14.4 Å². The highest BCUT2D eigenvalue weighted by molar-refractivity contribution is 6.32. The fourth-order valence-electron chi connectivity index (χ4n) is 2.34. The Hall–Kier alpha value is -1.88. The Morgan fingerprint density at radius 1 is 1.12 bits per heavy atom. The van der Waals surface area contributed by atoms with Gasteiger partial charge in [-0.15, -0.1) is 0 Å². The zero-order chi connectivity index (χ0) is 12.2. The zero-order valence-corrected chi connectivity index (χ0v) is 9.30. The van der Waals surface area contributed by atoms with Crippen LogP contribution in [0.25, 0.3) is 0 Å². The van der Waals surface area contributed by atoms with Crippen LogP contribution in [0.1, 0.15) is 12.0 Å². The predicted octanol–water partition coefficient (Wildman–Crippen LogP) is 0.576. The number of carbonyl (C=O) groups excluding carboxylic acids is 3. The molecule has 2 N–H and O–H groups in total. The first kappa shape index (κ1) is 10.3. The molecule has 1 aromatic carbocycles. The highest BCUT2D eigenvalue weighted by Gasteiger charge is 2.58. The van der Waals surface area contributed by atoms with Crippen LogP contribution in [0, 0.1) is 0 Å². The van der Waals surface area contributed by atoms with Crippen LogP contribution < -0.4 is 10.6 Å². The average Bonchev–Trinajstić information content (AvgIpc) is 2.68. The highest BCUT2D eigenvalue weighted by Crippen LogP contribution is 2.43. The summed E-state index contributed by atoms with van der Waals surface area (Å²) in [6.07, 6.45) is -0.147. The lowest BCUT2D eigenvalue weighted by Gasteiger charge is -2.15. The number of benzene rings is 1. The molecule has 0 radical (unpaired) electrons. The van der Waals surface area contributed by atoms with Crippen molar-refractivity contribution in [3.63, 3.8) is 0 Å². The summed E-state index contributed by atoms with van der Waals surface area (Å²) in [5.41, 5.74) is -0.403. The third kappa shape index (κ3) is 1.17. The number of anilines is 1. The summed E-state index contributed by atoms with van der Waals surface area (Å²) in [6.45, 7) is 0. The number of hydrogen-bond donors (Lipinski definition) is 2. The molecular weight excluding hydrogens is 244 g/mol. The number of nitrogens with one attached hydrogen (secondary N) is 2. The molecule has 5 nitrogen and oxygen atoms in total. The summed E-state index contributed by atoms with van der Waals surface area (Å²) >= 11 is 5.81. The van der Waals surface area contributed by atoms with Gasteiger partial charge in [0.1, 0.15) is 0 Å². The van der Waals surface area contributed by atoms with E-state index in [1.54, 1.807) is 18.2 Å². The first-order valence-corrected chi connectivity index (χ1v) is 5.37. The molecule has 1 fully saturated rings. The molecule has 1 unspecified atom stereocenters. The maximum Gasteiger partial charge on any atom is 0.247 e. The Labute approximate surface area is 101 Å². The van der Waals surface area contributed by atoms with Crippen LogP contribution >= 0.6 is 11.6 Å². The molecule has 2 heterocycles. The monoisotopic (exact) mass is 250 g/mol. The van der Waals surface area contributed by atoms with E-state index in [4.69, 9.17) is 11.6 Å². The Kier molecular flexibility index (Phi) is 1.86. The highest BCUT2D eigenvalue weighted by atomic mass is 35.5. The fraction of sp³-hybridized carbons (Fsp3) is 0.182. The molecule has 3 rings (SSSR count). The van der Waals surface area contributed by atoms with Crippen molar-refractivity contribution in [2.24, 2.45) is 0 Å². The molecule has 2 aliphatic heterocycles. The lowest BCUT2D eigenvalue weighted by atomic mass is 9.80. The Balaban J connectivity index is 2.24. The predicted molar refractivity (Wildman–Crippen MR) is 59.5 cm³/mol. The lowest BCUT2D eigenvalue weighted by Crippen LogP contribution is -2.41. The van der Waals surface area contributed by atoms with Crippen molar-refractivity contribution in [2.75, 3.05) is 5.32 Å². The van der Waals surface area contributed by atoms with Gasteiger partial charge in [-0.1, -0.05) is 17.7 Å². The van der Waals surface area contributed by atoms with Gasteiger partial charge in [0, 0.05) is 16.3 Å². The second kappa shape index (κ2) is 3.07. The summed E-state index contributed by atoms with van der Waals surface area (Å²) in [7, 11) is 0. The van der Waals surface area contributed by atoms with Gasteiger partial charge in [-0.05, 0) is 12.1 Å². The quantitative estimate of drug-likeness (QED) is 0.522. The van der Waals surface area contributed by atoms with Crippen molar-refractivity contribution in [3.8, 4) is 0 Å². The first-order chi connectivity index (χ1) is 8.04. The van der Waals surface area contributed by atoms with Crippen molar-refractivity contribution in [1.29, 1.82) is 0 Å². The largest absolute Gasteiger partial charge is 0.324 e. The second-order valence-electron chi connectivity index (χ2n) is 4.10. The van der Waals surface area contributed by atoms with E-state index in [1.165, 1.54) is 0 Å². The Morgan fingerprint density at radius 3 is 2.47 bits per heavy atom. The van der Waals surface area contributed by atoms with E-state index in [0.717, 1.165) is 0 Å². The second-order valence-corrected chi connectivity index (χ2v) is 4.54. The van der Waals surface area contributed by atoms with Gasteiger partial charge in [0.15, 0.2) is 5.41 Å². The standard InChI is InChI=1S/C11H7ClN2O3/c12-5-1-2-6-7(3-5)13-9(16)11(6)4-8(15)14-10(11)17/h1-3H,4H2,(H,13,16)(H,14,15,17). The van der Waals surface area contributed by atoms with Gasteiger partial charge in [0.2, 0.25) is 17.7 Å². The van der Waals surface area contributed by atoms with Crippen LogP contribution in [0.4, 0.5) is 5.69 Å². The molecule has 1 atom stereocenters. The van der Waals surface area contributed by atoms with E-state index >= 15 is 0 Å². The normalized spacial score (nSPS) is 26.1. The van der Waals surface area contributed by atoms with Gasteiger partial charge in [-0.25, -0.2) is 0 Å². The summed E-state index contributed by atoms with van der Waals surface area (Å²) in [5.74, 6) is -1.48. The minimum absolute atomic E-state index is 0.147. The summed E-state index contributed by atoms with van der Waals surface area (Å²) < 4.78 is 0. The van der Waals surface area contributed by atoms with Crippen LogP contribution in [0.2, 0.25) is 5.02 Å². The van der Waals surface area contributed by atoms with Gasteiger partial charge >= 0.3 is 0 Å². The topological polar surface area (TPSA) is 75.3 Å². The minimum atomic E-state index is -1.41. The van der Waals surface area contributed by atoms with Crippen molar-refractivity contribution >= 4 is 35.0 Å². The lowest BCUT2D eigenvalue weighted by molar-refractivity contribution is -0.131. The third-order valence-electron chi connectivity index (χ3n) is 3.14. The Bertz CT molecular complexity index is 584. The molecule has 0 saturated carbocycles. The minimum Gasteiger partial charge on any atom is -0.324 e. The van der Waals surface area contributed by atoms with E-state index in [-0.39, 0.29) is 6.42 Å². The maximum atomic E-state index is 12.0. The van der Waals surface area contributed by atoms with Crippen LogP contribution in [0.3, 0.4) is 0 Å². The SMILES string of the molecule is O=C1CC2(C(=O)N1)C(=O)Nc1cc(Cl)ccc12. The van der Waals surface area contributed by atoms with Gasteiger partial charge in [0.25, 0.3) is 0 Å². The smallest absolute Gasteiger partial charge is 0.247 e. The average molecular weight is 251 g/mol. The number of imide groups is 1. The molecule has 3 amide bonds. The summed E-state index contributed by atoms with van der Waals surface area (Å²) in [5, 5.41) is 5.21. The molecule has 1 saturated heterocycles. The van der Waals surface area contributed by atoms with Crippen LogP contribution in [-0.2, 0) is 19.8 Å². The number of fused-ring (bicyclic) bond motifs is 2.